The molecular formula is C10H9NOS. The molecule has 0 aliphatic rings. The minimum Gasteiger partial charge on any atom is -0.494 e. The number of ether oxygens (including phenoxy) is 1. The van der Waals surface area contributed by atoms with E-state index in [0.717, 1.165) is 16.2 Å². The number of hydrogen-bond donors (Lipinski definition) is 0. The monoisotopic (exact) mass is 191 g/mol. The molecule has 13 heavy (non-hydrogen) atoms. The van der Waals surface area contributed by atoms with Crippen molar-refractivity contribution in [1.29, 1.82) is 0 Å². The molecule has 1 aromatic carbocycles. The maximum Gasteiger partial charge on any atom is 0.157 e. The van der Waals surface area contributed by atoms with Gasteiger partial charge in [0.1, 0.15) is 0 Å². The molecule has 0 bridgehead atoms. The molecule has 0 spiro atoms. The summed E-state index contributed by atoms with van der Waals surface area (Å²) in [4.78, 5) is 1.09. The van der Waals surface area contributed by atoms with Gasteiger partial charge in [0.25, 0.3) is 0 Å². The van der Waals surface area contributed by atoms with Gasteiger partial charge in [-0.25, -0.2) is 0 Å². The molecule has 0 saturated carbocycles. The zero-order valence-electron chi connectivity index (χ0n) is 7.23. The van der Waals surface area contributed by atoms with Crippen LogP contribution in [0.3, 0.4) is 0 Å². The van der Waals surface area contributed by atoms with Crippen molar-refractivity contribution in [3.05, 3.63) is 36.5 Å². The van der Waals surface area contributed by atoms with Crippen molar-refractivity contribution in [2.24, 2.45) is 0 Å². The lowest BCUT2D eigenvalue weighted by molar-refractivity contribution is 0.417. The standard InChI is InChI=1S/C10H9NOS/c1-12-9-7-11-13-10(9)8-5-3-2-4-6-8/h2-7H,1H3. The Bertz CT molecular complexity index is 383. The predicted octanol–water partition coefficient (Wildman–Crippen LogP) is 2.82. The Hall–Kier alpha value is -1.35. The van der Waals surface area contributed by atoms with Gasteiger partial charge < -0.3 is 4.74 Å². The van der Waals surface area contributed by atoms with Gasteiger partial charge in [-0.3, -0.25) is 0 Å². The average Bonchev–Trinajstić information content (AvgIpc) is 2.67. The Morgan fingerprint density at radius 1 is 1.23 bits per heavy atom. The summed E-state index contributed by atoms with van der Waals surface area (Å²) in [7, 11) is 1.66. The first kappa shape index (κ1) is 8.26. The molecule has 0 N–H and O–H groups in total. The Morgan fingerprint density at radius 2 is 2.00 bits per heavy atom. The maximum absolute atomic E-state index is 5.19. The van der Waals surface area contributed by atoms with Crippen LogP contribution in [0.5, 0.6) is 5.75 Å². The van der Waals surface area contributed by atoms with Crippen LogP contribution in [0.4, 0.5) is 0 Å². The van der Waals surface area contributed by atoms with Crippen molar-refractivity contribution >= 4 is 11.5 Å². The molecule has 2 rings (SSSR count). The highest BCUT2D eigenvalue weighted by atomic mass is 32.1. The normalized spacial score (nSPS) is 9.92. The van der Waals surface area contributed by atoms with Crippen molar-refractivity contribution < 1.29 is 4.74 Å². The van der Waals surface area contributed by atoms with E-state index in [1.54, 1.807) is 13.3 Å². The van der Waals surface area contributed by atoms with Gasteiger partial charge in [-0.2, -0.15) is 4.37 Å². The van der Waals surface area contributed by atoms with Gasteiger partial charge in [0, 0.05) is 0 Å². The first-order chi connectivity index (χ1) is 6.42. The first-order valence-electron chi connectivity index (χ1n) is 3.96. The van der Waals surface area contributed by atoms with Gasteiger partial charge >= 0.3 is 0 Å². The van der Waals surface area contributed by atoms with E-state index in [2.05, 4.69) is 16.5 Å². The number of methoxy groups -OCH3 is 1. The molecule has 2 nitrogen and oxygen atoms in total. The minimum absolute atomic E-state index is 0.844. The van der Waals surface area contributed by atoms with E-state index < -0.39 is 0 Å². The smallest absolute Gasteiger partial charge is 0.157 e. The molecule has 2 aromatic rings. The first-order valence-corrected chi connectivity index (χ1v) is 4.73. The summed E-state index contributed by atoms with van der Waals surface area (Å²) in [6, 6.07) is 10.1. The van der Waals surface area contributed by atoms with Crippen LogP contribution >= 0.6 is 11.5 Å². The van der Waals surface area contributed by atoms with Gasteiger partial charge in [0.2, 0.25) is 0 Å². The number of rotatable bonds is 2. The zero-order chi connectivity index (χ0) is 9.10. The van der Waals surface area contributed by atoms with Crippen LogP contribution < -0.4 is 4.74 Å². The van der Waals surface area contributed by atoms with E-state index in [4.69, 9.17) is 4.74 Å². The topological polar surface area (TPSA) is 22.1 Å². The van der Waals surface area contributed by atoms with Crippen molar-refractivity contribution in [2.45, 2.75) is 0 Å². The van der Waals surface area contributed by atoms with Crippen molar-refractivity contribution in [1.82, 2.24) is 4.37 Å². The number of benzene rings is 1. The Kier molecular flexibility index (Phi) is 2.27. The van der Waals surface area contributed by atoms with Gasteiger partial charge in [-0.1, -0.05) is 30.3 Å². The summed E-state index contributed by atoms with van der Waals surface area (Å²) >= 11 is 1.45. The fourth-order valence-corrected chi connectivity index (χ4v) is 1.88. The van der Waals surface area contributed by atoms with E-state index in [1.807, 2.05) is 18.2 Å². The fourth-order valence-electron chi connectivity index (χ4n) is 1.16. The molecule has 0 aliphatic carbocycles. The molecule has 66 valence electrons. The van der Waals surface area contributed by atoms with Crippen LogP contribution in [-0.4, -0.2) is 11.5 Å². The summed E-state index contributed by atoms with van der Waals surface area (Å²) in [6.45, 7) is 0. The lowest BCUT2D eigenvalue weighted by Crippen LogP contribution is -1.81. The van der Waals surface area contributed by atoms with Gasteiger partial charge in [0.15, 0.2) is 5.75 Å². The molecule has 1 aromatic heterocycles. The van der Waals surface area contributed by atoms with Gasteiger partial charge in [-0.05, 0) is 17.1 Å². The highest BCUT2D eigenvalue weighted by Gasteiger charge is 2.06. The zero-order valence-corrected chi connectivity index (χ0v) is 8.04. The number of aromatic nitrogens is 1. The molecule has 0 saturated heterocycles. The van der Waals surface area contributed by atoms with E-state index in [-0.39, 0.29) is 0 Å². The van der Waals surface area contributed by atoms with Crippen molar-refractivity contribution in [3.63, 3.8) is 0 Å². The fraction of sp³-hybridized carbons (Fsp3) is 0.100. The molecule has 0 fully saturated rings. The summed E-state index contributed by atoms with van der Waals surface area (Å²) in [5.41, 5.74) is 1.15. The van der Waals surface area contributed by atoms with Crippen LogP contribution in [0.2, 0.25) is 0 Å². The summed E-state index contributed by atoms with van der Waals surface area (Å²) in [6.07, 6.45) is 1.74. The lowest BCUT2D eigenvalue weighted by Gasteiger charge is -1.99. The average molecular weight is 191 g/mol. The van der Waals surface area contributed by atoms with Crippen molar-refractivity contribution in [2.75, 3.05) is 7.11 Å². The third-order valence-electron chi connectivity index (χ3n) is 1.79. The second kappa shape index (κ2) is 3.58. The van der Waals surface area contributed by atoms with Crippen molar-refractivity contribution in [3.8, 4) is 16.2 Å². The van der Waals surface area contributed by atoms with E-state index in [0.29, 0.717) is 0 Å². The molecule has 3 heteroatoms. The van der Waals surface area contributed by atoms with Crippen LogP contribution in [0.15, 0.2) is 36.5 Å². The van der Waals surface area contributed by atoms with Crippen LogP contribution in [-0.2, 0) is 0 Å². The lowest BCUT2D eigenvalue weighted by atomic mass is 10.2. The highest BCUT2D eigenvalue weighted by molar-refractivity contribution is 7.10. The summed E-state index contributed by atoms with van der Waals surface area (Å²) in [5.74, 6) is 0.844. The Balaban J connectivity index is 2.47. The van der Waals surface area contributed by atoms with Crippen LogP contribution in [0.1, 0.15) is 0 Å². The molecule has 1 heterocycles. The van der Waals surface area contributed by atoms with E-state index >= 15 is 0 Å². The van der Waals surface area contributed by atoms with Crippen LogP contribution in [0, 0.1) is 0 Å². The quantitative estimate of drug-likeness (QED) is 0.728. The molecular weight excluding hydrogens is 182 g/mol. The Morgan fingerprint density at radius 3 is 2.69 bits per heavy atom. The number of nitrogens with zero attached hydrogens (tertiary/aromatic N) is 1. The van der Waals surface area contributed by atoms with E-state index in [9.17, 15) is 0 Å². The summed E-state index contributed by atoms with van der Waals surface area (Å²) < 4.78 is 9.27. The minimum atomic E-state index is 0.844. The second-order valence-corrected chi connectivity index (χ2v) is 3.39. The highest BCUT2D eigenvalue weighted by Crippen LogP contribution is 2.32. The maximum atomic E-state index is 5.19. The predicted molar refractivity (Wildman–Crippen MR) is 54.1 cm³/mol. The second-order valence-electron chi connectivity index (χ2n) is 2.59. The molecule has 0 unspecified atom stereocenters. The molecule has 0 atom stereocenters. The largest absolute Gasteiger partial charge is 0.494 e. The third kappa shape index (κ3) is 1.55. The van der Waals surface area contributed by atoms with Crippen LogP contribution in [0.25, 0.3) is 10.4 Å². The van der Waals surface area contributed by atoms with Gasteiger partial charge in [0.05, 0.1) is 18.2 Å². The third-order valence-corrected chi connectivity index (χ3v) is 2.62. The molecule has 0 radical (unpaired) electrons. The number of hydrogen-bond acceptors (Lipinski definition) is 3. The van der Waals surface area contributed by atoms with E-state index in [1.165, 1.54) is 11.5 Å². The summed E-state index contributed by atoms with van der Waals surface area (Å²) in [5, 5.41) is 0. The molecule has 0 aliphatic heterocycles. The van der Waals surface area contributed by atoms with Gasteiger partial charge in [-0.15, -0.1) is 0 Å². The Labute approximate surface area is 81.0 Å². The SMILES string of the molecule is COc1cnsc1-c1ccccc1. The molecule has 0 amide bonds.